The van der Waals surface area contributed by atoms with Crippen molar-refractivity contribution in [2.45, 2.75) is 39.2 Å². The maximum Gasteiger partial charge on any atom is 0.222 e. The van der Waals surface area contributed by atoms with Crippen LogP contribution < -0.4 is 0 Å². The molecule has 7 heteroatoms. The van der Waals surface area contributed by atoms with Gasteiger partial charge in [0.25, 0.3) is 0 Å². The Morgan fingerprint density at radius 2 is 2.12 bits per heavy atom. The maximum absolute atomic E-state index is 12.0. The topological polar surface area (TPSA) is 63.0 Å². The predicted octanol–water partition coefficient (Wildman–Crippen LogP) is 1.60. The summed E-state index contributed by atoms with van der Waals surface area (Å²) < 4.78 is 7.46. The van der Waals surface area contributed by atoms with Crippen molar-refractivity contribution in [1.82, 2.24) is 24.4 Å². The van der Waals surface area contributed by atoms with E-state index in [0.717, 1.165) is 69.4 Å². The van der Waals surface area contributed by atoms with Crippen molar-refractivity contribution in [2.24, 2.45) is 0 Å². The number of morpholine rings is 1. The quantitative estimate of drug-likeness (QED) is 0.832. The molecule has 7 nitrogen and oxygen atoms in total. The lowest BCUT2D eigenvalue weighted by molar-refractivity contribution is -0.129. The first-order valence-corrected chi connectivity index (χ1v) is 9.58. The van der Waals surface area contributed by atoms with Gasteiger partial charge in [-0.25, -0.2) is 9.50 Å². The molecule has 2 aromatic rings. The fraction of sp³-hybridized carbons (Fsp3) is 0.632. The molecule has 0 unspecified atom stereocenters. The average molecular weight is 357 g/mol. The van der Waals surface area contributed by atoms with E-state index in [1.54, 1.807) is 0 Å². The third kappa shape index (κ3) is 3.21. The van der Waals surface area contributed by atoms with Crippen LogP contribution in [0.15, 0.2) is 12.3 Å². The number of carbonyl (C=O) groups excluding carboxylic acids is 1. The summed E-state index contributed by atoms with van der Waals surface area (Å²) >= 11 is 0. The number of amides is 1. The van der Waals surface area contributed by atoms with E-state index in [2.05, 4.69) is 22.9 Å². The molecule has 2 saturated heterocycles. The van der Waals surface area contributed by atoms with Gasteiger partial charge in [0.1, 0.15) is 0 Å². The Morgan fingerprint density at radius 1 is 1.31 bits per heavy atom. The minimum atomic E-state index is 0.238. The van der Waals surface area contributed by atoms with Gasteiger partial charge in [0.15, 0.2) is 5.65 Å². The molecule has 0 radical (unpaired) electrons. The van der Waals surface area contributed by atoms with Crippen molar-refractivity contribution < 1.29 is 9.53 Å². The van der Waals surface area contributed by atoms with E-state index in [1.807, 2.05) is 22.5 Å². The number of hydrogen-bond acceptors (Lipinski definition) is 5. The van der Waals surface area contributed by atoms with Crippen LogP contribution in [0.2, 0.25) is 0 Å². The molecule has 0 aromatic carbocycles. The van der Waals surface area contributed by atoms with Crippen LogP contribution in [0.25, 0.3) is 5.65 Å². The molecule has 140 valence electrons. The summed E-state index contributed by atoms with van der Waals surface area (Å²) in [6, 6.07) is 2.06. The summed E-state index contributed by atoms with van der Waals surface area (Å²) in [5.41, 5.74) is 4.36. The molecule has 2 fully saturated rings. The summed E-state index contributed by atoms with van der Waals surface area (Å²) in [4.78, 5) is 21.0. The van der Waals surface area contributed by atoms with Crippen LogP contribution in [0.1, 0.15) is 42.6 Å². The summed E-state index contributed by atoms with van der Waals surface area (Å²) in [5.74, 6) is 0.564. The second kappa shape index (κ2) is 7.32. The van der Waals surface area contributed by atoms with Gasteiger partial charge in [0.2, 0.25) is 5.91 Å². The fourth-order valence-corrected chi connectivity index (χ4v) is 4.04. The number of aryl methyl sites for hydroxylation is 1. The van der Waals surface area contributed by atoms with Gasteiger partial charge in [-0.2, -0.15) is 5.10 Å². The molecule has 0 N–H and O–H groups in total. The number of rotatable bonds is 4. The first-order chi connectivity index (χ1) is 12.7. The number of hydrogen-bond donors (Lipinski definition) is 0. The number of carbonyl (C=O) groups is 1. The Labute approximate surface area is 153 Å². The Kier molecular flexibility index (Phi) is 4.91. The van der Waals surface area contributed by atoms with Gasteiger partial charge in [0.05, 0.1) is 24.6 Å². The molecule has 0 spiro atoms. The summed E-state index contributed by atoms with van der Waals surface area (Å²) in [6.07, 6.45) is 3.45. The molecular formula is C19H27N5O2. The largest absolute Gasteiger partial charge is 0.379 e. The zero-order valence-electron chi connectivity index (χ0n) is 15.6. The molecule has 4 heterocycles. The van der Waals surface area contributed by atoms with Gasteiger partial charge in [-0.15, -0.1) is 0 Å². The van der Waals surface area contributed by atoms with E-state index >= 15 is 0 Å². The molecule has 1 amide bonds. The van der Waals surface area contributed by atoms with Crippen LogP contribution in [0, 0.1) is 6.92 Å². The predicted molar refractivity (Wildman–Crippen MR) is 98.0 cm³/mol. The number of nitrogens with zero attached hydrogens (tertiary/aromatic N) is 5. The lowest BCUT2D eigenvalue weighted by atomic mass is 10.0. The molecule has 2 aromatic heterocycles. The molecule has 0 aliphatic carbocycles. The normalized spacial score (nSPS) is 21.6. The van der Waals surface area contributed by atoms with Crippen molar-refractivity contribution in [3.63, 3.8) is 0 Å². The van der Waals surface area contributed by atoms with Gasteiger partial charge >= 0.3 is 0 Å². The number of likely N-dealkylation sites (tertiary alicyclic amines) is 1. The highest BCUT2D eigenvalue weighted by Gasteiger charge is 2.29. The highest BCUT2D eigenvalue weighted by atomic mass is 16.5. The zero-order chi connectivity index (χ0) is 18.1. The Morgan fingerprint density at radius 3 is 2.88 bits per heavy atom. The minimum Gasteiger partial charge on any atom is -0.379 e. The van der Waals surface area contributed by atoms with E-state index < -0.39 is 0 Å². The number of fused-ring (bicyclic) bond motifs is 1. The summed E-state index contributed by atoms with van der Waals surface area (Å²) in [5, 5.41) is 4.81. The first kappa shape index (κ1) is 17.4. The smallest absolute Gasteiger partial charge is 0.222 e. The van der Waals surface area contributed by atoms with Gasteiger partial charge in [-0.05, 0) is 19.4 Å². The third-order valence-corrected chi connectivity index (χ3v) is 5.59. The molecular weight excluding hydrogens is 330 g/mol. The van der Waals surface area contributed by atoms with E-state index in [9.17, 15) is 4.79 Å². The van der Waals surface area contributed by atoms with Crippen LogP contribution in [-0.4, -0.2) is 69.7 Å². The number of ether oxygens (including phenoxy) is 1. The van der Waals surface area contributed by atoms with E-state index in [-0.39, 0.29) is 5.91 Å². The zero-order valence-corrected chi connectivity index (χ0v) is 15.6. The van der Waals surface area contributed by atoms with E-state index in [1.165, 1.54) is 5.56 Å². The monoisotopic (exact) mass is 357 g/mol. The molecule has 0 saturated carbocycles. The molecule has 1 atom stereocenters. The van der Waals surface area contributed by atoms with Gasteiger partial charge in [-0.1, -0.05) is 6.92 Å². The molecule has 0 bridgehead atoms. The van der Waals surface area contributed by atoms with Crippen molar-refractivity contribution in [3.8, 4) is 0 Å². The van der Waals surface area contributed by atoms with Crippen LogP contribution in [0.5, 0.6) is 0 Å². The Hall–Kier alpha value is -1.99. The van der Waals surface area contributed by atoms with Crippen molar-refractivity contribution in [3.05, 3.63) is 29.2 Å². The second-order valence-corrected chi connectivity index (χ2v) is 7.24. The average Bonchev–Trinajstić information content (AvgIpc) is 3.27. The third-order valence-electron chi connectivity index (χ3n) is 5.59. The van der Waals surface area contributed by atoms with Crippen LogP contribution in [-0.2, 0) is 16.1 Å². The molecule has 2 aliphatic heterocycles. The molecule has 2 aliphatic rings. The fourth-order valence-electron chi connectivity index (χ4n) is 4.04. The summed E-state index contributed by atoms with van der Waals surface area (Å²) in [7, 11) is 0. The summed E-state index contributed by atoms with van der Waals surface area (Å²) in [6.45, 7) is 9.96. The van der Waals surface area contributed by atoms with Crippen molar-refractivity contribution in [2.75, 3.05) is 39.4 Å². The lowest BCUT2D eigenvalue weighted by Gasteiger charge is -2.26. The Balaban J connectivity index is 1.61. The molecule has 4 rings (SSSR count). The van der Waals surface area contributed by atoms with Gasteiger partial charge in [-0.3, -0.25) is 9.69 Å². The standard InChI is InChI=1S/C19H27N5O2/c1-3-18(25)23-7-5-15(12-23)17-4-6-20-19-16(14(2)21-24(17)19)13-22-8-10-26-11-9-22/h4,6,15H,3,5,7-13H2,1-2H3/t15-/m0/s1. The minimum absolute atomic E-state index is 0.238. The van der Waals surface area contributed by atoms with E-state index in [0.29, 0.717) is 12.3 Å². The maximum atomic E-state index is 12.0. The Bertz CT molecular complexity index is 797. The lowest BCUT2D eigenvalue weighted by Crippen LogP contribution is -2.35. The second-order valence-electron chi connectivity index (χ2n) is 7.24. The van der Waals surface area contributed by atoms with Crippen molar-refractivity contribution >= 4 is 11.6 Å². The van der Waals surface area contributed by atoms with Crippen molar-refractivity contribution in [1.29, 1.82) is 0 Å². The van der Waals surface area contributed by atoms with Crippen LogP contribution in [0.4, 0.5) is 0 Å². The number of aromatic nitrogens is 3. The highest BCUT2D eigenvalue weighted by Crippen LogP contribution is 2.29. The molecule has 26 heavy (non-hydrogen) atoms. The van der Waals surface area contributed by atoms with Gasteiger partial charge < -0.3 is 9.64 Å². The van der Waals surface area contributed by atoms with Crippen LogP contribution >= 0.6 is 0 Å². The highest BCUT2D eigenvalue weighted by molar-refractivity contribution is 5.76. The SMILES string of the molecule is CCC(=O)N1CC[C@H](c2ccnc3c(CN4CCOCC4)c(C)nn23)C1. The first-order valence-electron chi connectivity index (χ1n) is 9.58. The van der Waals surface area contributed by atoms with E-state index in [4.69, 9.17) is 9.84 Å². The van der Waals surface area contributed by atoms with Gasteiger partial charge in [0, 0.05) is 56.8 Å². The van der Waals surface area contributed by atoms with Crippen LogP contribution in [0.3, 0.4) is 0 Å².